The quantitative estimate of drug-likeness (QED) is 0.306. The van der Waals surface area contributed by atoms with Gasteiger partial charge in [0.05, 0.1) is 34.1 Å². The van der Waals surface area contributed by atoms with Crippen molar-refractivity contribution < 1.29 is 19.1 Å². The summed E-state index contributed by atoms with van der Waals surface area (Å²) in [4.78, 5) is 11.0. The summed E-state index contributed by atoms with van der Waals surface area (Å²) in [7, 11) is 6.02. The van der Waals surface area contributed by atoms with E-state index < -0.39 is 12.3 Å². The van der Waals surface area contributed by atoms with Gasteiger partial charge in [-0.3, -0.25) is 0 Å². The van der Waals surface area contributed by atoms with Gasteiger partial charge in [-0.1, -0.05) is 6.58 Å². The van der Waals surface area contributed by atoms with Crippen LogP contribution in [-0.2, 0) is 9.53 Å². The topological polar surface area (TPSA) is 46.5 Å². The highest BCUT2D eigenvalue weighted by atomic mass is 16.6. The van der Waals surface area contributed by atoms with Crippen molar-refractivity contribution in [2.24, 2.45) is 0 Å². The Kier molecular flexibility index (Phi) is 4.80. The first-order valence-electron chi connectivity index (χ1n) is 4.57. The van der Waals surface area contributed by atoms with Crippen LogP contribution in [0.2, 0.25) is 0 Å². The summed E-state index contributed by atoms with van der Waals surface area (Å²) in [5, 5.41) is 9.34. The molecule has 0 saturated heterocycles. The van der Waals surface area contributed by atoms with E-state index in [0.717, 1.165) is 11.0 Å². The summed E-state index contributed by atoms with van der Waals surface area (Å²) in [6.07, 6.45) is -0.598. The summed E-state index contributed by atoms with van der Waals surface area (Å²) < 4.78 is 5.44. The molecular formula is C10H20NO3+. The van der Waals surface area contributed by atoms with Crippen molar-refractivity contribution in [1.29, 1.82) is 0 Å². The second-order valence-corrected chi connectivity index (χ2v) is 4.44. The smallest absolute Gasteiger partial charge is 0.335 e. The lowest BCUT2D eigenvalue weighted by Crippen LogP contribution is -2.37. The maximum Gasteiger partial charge on any atom is 0.335 e. The van der Waals surface area contributed by atoms with E-state index in [-0.39, 0.29) is 0 Å². The molecule has 1 unspecified atom stereocenters. The molecule has 4 heteroatoms. The first-order chi connectivity index (χ1) is 6.22. The molecule has 82 valence electrons. The Labute approximate surface area is 85.4 Å². The van der Waals surface area contributed by atoms with Gasteiger partial charge in [0.25, 0.3) is 0 Å². The summed E-state index contributed by atoms with van der Waals surface area (Å²) in [6.45, 7) is 5.72. The fraction of sp³-hybridized carbons (Fsp3) is 0.700. The maximum atomic E-state index is 11.0. The van der Waals surface area contributed by atoms with Crippen LogP contribution in [0.4, 0.5) is 0 Å². The van der Waals surface area contributed by atoms with E-state index in [1.807, 2.05) is 21.1 Å². The molecule has 0 aliphatic carbocycles. The average Bonchev–Trinajstić information content (AvgIpc) is 1.99. The molecule has 0 aromatic heterocycles. The van der Waals surface area contributed by atoms with Gasteiger partial charge in [0, 0.05) is 5.57 Å². The Morgan fingerprint density at radius 1 is 1.50 bits per heavy atom. The highest BCUT2D eigenvalue weighted by Crippen LogP contribution is 2.02. The molecule has 0 aromatic carbocycles. The molecule has 0 aliphatic heterocycles. The molecule has 0 fully saturated rings. The summed E-state index contributed by atoms with van der Waals surface area (Å²) >= 11 is 0. The standard InChI is InChI=1S/C10H20NO3/c1-8(2)10(13)14-9(12)6-7-11(3,4)5/h9,12H,1,6-7H2,2-5H3/q+1. The SMILES string of the molecule is C=C(C)C(=O)OC(O)CC[N+](C)(C)C. The molecule has 4 nitrogen and oxygen atoms in total. The van der Waals surface area contributed by atoms with Crippen molar-refractivity contribution >= 4 is 5.97 Å². The zero-order chi connectivity index (χ0) is 11.4. The molecule has 0 aliphatic rings. The Bertz CT molecular complexity index is 218. The zero-order valence-electron chi connectivity index (χ0n) is 9.41. The summed E-state index contributed by atoms with van der Waals surface area (Å²) in [6, 6.07) is 0. The van der Waals surface area contributed by atoms with E-state index in [1.165, 1.54) is 0 Å². The Hall–Kier alpha value is -0.870. The predicted octanol–water partition coefficient (Wildman–Crippen LogP) is 0.520. The Morgan fingerprint density at radius 3 is 2.36 bits per heavy atom. The van der Waals surface area contributed by atoms with Crippen molar-refractivity contribution in [3.8, 4) is 0 Å². The van der Waals surface area contributed by atoms with E-state index >= 15 is 0 Å². The molecule has 0 bridgehead atoms. The molecule has 0 aromatic rings. The highest BCUT2D eigenvalue weighted by molar-refractivity contribution is 5.86. The van der Waals surface area contributed by atoms with Gasteiger partial charge < -0.3 is 14.3 Å². The lowest BCUT2D eigenvalue weighted by atomic mass is 10.3. The van der Waals surface area contributed by atoms with Gasteiger partial charge in [-0.05, 0) is 6.92 Å². The van der Waals surface area contributed by atoms with Gasteiger partial charge in [-0.2, -0.15) is 0 Å². The fourth-order valence-electron chi connectivity index (χ4n) is 0.781. The number of carbonyl (C=O) groups excluding carboxylic acids is 1. The van der Waals surface area contributed by atoms with Crippen LogP contribution >= 0.6 is 0 Å². The minimum Gasteiger partial charge on any atom is -0.432 e. The molecule has 1 atom stereocenters. The van der Waals surface area contributed by atoms with Gasteiger partial charge in [-0.15, -0.1) is 0 Å². The fourth-order valence-corrected chi connectivity index (χ4v) is 0.781. The molecule has 0 spiro atoms. The van der Waals surface area contributed by atoms with Crippen LogP contribution in [-0.4, -0.2) is 49.5 Å². The highest BCUT2D eigenvalue weighted by Gasteiger charge is 2.15. The first kappa shape index (κ1) is 13.1. The number of aliphatic hydroxyl groups is 1. The zero-order valence-corrected chi connectivity index (χ0v) is 9.41. The minimum absolute atomic E-state index is 0.300. The van der Waals surface area contributed by atoms with Crippen LogP contribution in [0.3, 0.4) is 0 Å². The Balaban J connectivity index is 3.82. The number of nitrogens with zero attached hydrogens (tertiary/aromatic N) is 1. The number of quaternary nitrogens is 1. The molecule has 0 amide bonds. The lowest BCUT2D eigenvalue weighted by molar-refractivity contribution is -0.871. The Morgan fingerprint density at radius 2 is 2.00 bits per heavy atom. The van der Waals surface area contributed by atoms with Gasteiger partial charge in [0.1, 0.15) is 0 Å². The van der Waals surface area contributed by atoms with Crippen molar-refractivity contribution in [2.75, 3.05) is 27.7 Å². The van der Waals surface area contributed by atoms with Crippen LogP contribution < -0.4 is 0 Å². The van der Waals surface area contributed by atoms with Gasteiger partial charge in [0.15, 0.2) is 0 Å². The maximum absolute atomic E-state index is 11.0. The third-order valence-corrected chi connectivity index (χ3v) is 1.64. The van der Waals surface area contributed by atoms with Crippen molar-refractivity contribution in [3.05, 3.63) is 12.2 Å². The number of esters is 1. The van der Waals surface area contributed by atoms with Gasteiger partial charge >= 0.3 is 5.97 Å². The second-order valence-electron chi connectivity index (χ2n) is 4.44. The molecular weight excluding hydrogens is 182 g/mol. The van der Waals surface area contributed by atoms with Gasteiger partial charge in [0.2, 0.25) is 6.29 Å². The first-order valence-corrected chi connectivity index (χ1v) is 4.57. The average molecular weight is 202 g/mol. The van der Waals surface area contributed by atoms with Crippen LogP contribution in [0, 0.1) is 0 Å². The number of ether oxygens (including phenoxy) is 1. The molecule has 0 radical (unpaired) electrons. The molecule has 0 heterocycles. The molecule has 0 saturated carbocycles. The third kappa shape index (κ3) is 6.62. The third-order valence-electron chi connectivity index (χ3n) is 1.64. The van der Waals surface area contributed by atoms with E-state index in [1.54, 1.807) is 6.92 Å². The van der Waals surface area contributed by atoms with Crippen molar-refractivity contribution in [1.82, 2.24) is 0 Å². The van der Waals surface area contributed by atoms with Crippen molar-refractivity contribution in [2.45, 2.75) is 19.6 Å². The molecule has 0 rings (SSSR count). The van der Waals surface area contributed by atoms with Crippen LogP contribution in [0.5, 0.6) is 0 Å². The number of hydrogen-bond acceptors (Lipinski definition) is 3. The van der Waals surface area contributed by atoms with Gasteiger partial charge in [-0.25, -0.2) is 4.79 Å². The number of aliphatic hydroxyl groups excluding tert-OH is 1. The second kappa shape index (κ2) is 5.12. The van der Waals surface area contributed by atoms with E-state index in [0.29, 0.717) is 12.0 Å². The molecule has 14 heavy (non-hydrogen) atoms. The van der Waals surface area contributed by atoms with E-state index in [9.17, 15) is 9.90 Å². The monoisotopic (exact) mass is 202 g/mol. The van der Waals surface area contributed by atoms with Crippen LogP contribution in [0.25, 0.3) is 0 Å². The number of hydrogen-bond donors (Lipinski definition) is 1. The summed E-state index contributed by atoms with van der Waals surface area (Å²) in [5.74, 6) is -0.543. The predicted molar refractivity (Wildman–Crippen MR) is 54.4 cm³/mol. The lowest BCUT2D eigenvalue weighted by Gasteiger charge is -2.24. The largest absolute Gasteiger partial charge is 0.432 e. The summed E-state index contributed by atoms with van der Waals surface area (Å²) in [5.41, 5.74) is 0.300. The van der Waals surface area contributed by atoms with E-state index in [2.05, 4.69) is 6.58 Å². The van der Waals surface area contributed by atoms with Crippen molar-refractivity contribution in [3.63, 3.8) is 0 Å². The van der Waals surface area contributed by atoms with Crippen LogP contribution in [0.15, 0.2) is 12.2 Å². The number of rotatable bonds is 5. The van der Waals surface area contributed by atoms with Crippen LogP contribution in [0.1, 0.15) is 13.3 Å². The normalized spacial score (nSPS) is 13.5. The minimum atomic E-state index is -1.03. The van der Waals surface area contributed by atoms with E-state index in [4.69, 9.17) is 4.74 Å². The number of carbonyl (C=O) groups is 1. The molecule has 1 N–H and O–H groups in total.